The van der Waals surface area contributed by atoms with Crippen LogP contribution in [0.1, 0.15) is 75.7 Å². The third kappa shape index (κ3) is 5.54. The van der Waals surface area contributed by atoms with Crippen LogP contribution in [0.25, 0.3) is 10.9 Å². The molecule has 3 heterocycles. The minimum absolute atomic E-state index is 0.0105. The first-order valence-electron chi connectivity index (χ1n) is 14.2. The van der Waals surface area contributed by atoms with Gasteiger partial charge in [-0.15, -0.1) is 0 Å². The highest BCUT2D eigenvalue weighted by Crippen LogP contribution is 2.47. The van der Waals surface area contributed by atoms with Gasteiger partial charge in [0.25, 0.3) is 5.91 Å². The number of aliphatic imine (C=N–C) groups is 1. The molecule has 0 radical (unpaired) electrons. The largest absolute Gasteiger partial charge is 0.496 e. The van der Waals surface area contributed by atoms with Crippen molar-refractivity contribution in [2.75, 3.05) is 20.2 Å². The summed E-state index contributed by atoms with van der Waals surface area (Å²) in [5.41, 5.74) is 0.970. The van der Waals surface area contributed by atoms with E-state index >= 15 is 0 Å². The summed E-state index contributed by atoms with van der Waals surface area (Å²) in [7, 11) is 1.61. The quantitative estimate of drug-likeness (QED) is 0.446. The Labute approximate surface area is 230 Å². The second-order valence-electron chi connectivity index (χ2n) is 12.4. The van der Waals surface area contributed by atoms with Crippen molar-refractivity contribution in [1.82, 2.24) is 20.5 Å². The lowest BCUT2D eigenvalue weighted by Crippen LogP contribution is -2.50. The molecular weight excluding hydrogens is 494 g/mol. The van der Waals surface area contributed by atoms with E-state index in [2.05, 4.69) is 27.3 Å². The standard InChI is InChI=1S/C30H41N5O4/c1-29(2)15-19(26(36)34-29)13-20(17-31-3)32-27(37)24-16-30(11-6-5-7-12-30)18-35(24)28(38)23-14-21-22(33-23)9-8-10-25(21)39-4/h8-10,14,19-20,24,33H,3,5-7,11-13,15-18H2,1-2,4H3,(H,32,37)(H,34,36). The third-order valence-corrected chi connectivity index (χ3v) is 8.91. The fourth-order valence-electron chi connectivity index (χ4n) is 7.10. The minimum atomic E-state index is -0.579. The average molecular weight is 536 g/mol. The maximum atomic E-state index is 14.0. The van der Waals surface area contributed by atoms with Crippen molar-refractivity contribution in [3.05, 3.63) is 30.0 Å². The van der Waals surface area contributed by atoms with Gasteiger partial charge in [-0.1, -0.05) is 25.3 Å². The first kappa shape index (κ1) is 27.2. The number of benzene rings is 1. The molecule has 2 aromatic rings. The van der Waals surface area contributed by atoms with Gasteiger partial charge in [0.15, 0.2) is 0 Å². The molecule has 3 N–H and O–H groups in total. The monoisotopic (exact) mass is 535 g/mol. The highest BCUT2D eigenvalue weighted by Gasteiger charge is 2.49. The molecule has 3 fully saturated rings. The van der Waals surface area contributed by atoms with Gasteiger partial charge in [-0.05, 0) is 76.3 Å². The van der Waals surface area contributed by atoms with Crippen molar-refractivity contribution in [3.8, 4) is 5.75 Å². The van der Waals surface area contributed by atoms with Gasteiger partial charge in [0, 0.05) is 34.9 Å². The van der Waals surface area contributed by atoms with E-state index in [1.54, 1.807) is 12.0 Å². The average Bonchev–Trinajstić information content (AvgIpc) is 3.57. The Hall–Kier alpha value is -3.36. The maximum Gasteiger partial charge on any atom is 0.271 e. The Morgan fingerprint density at radius 2 is 2.00 bits per heavy atom. The number of aromatic amines is 1. The van der Waals surface area contributed by atoms with E-state index in [9.17, 15) is 14.4 Å². The number of hydrogen-bond donors (Lipinski definition) is 3. The molecule has 210 valence electrons. The molecule has 1 aromatic heterocycles. The zero-order valence-corrected chi connectivity index (χ0v) is 23.3. The number of rotatable bonds is 8. The van der Waals surface area contributed by atoms with Gasteiger partial charge in [-0.2, -0.15) is 0 Å². The smallest absolute Gasteiger partial charge is 0.271 e. The van der Waals surface area contributed by atoms with Crippen molar-refractivity contribution >= 4 is 35.3 Å². The lowest BCUT2D eigenvalue weighted by molar-refractivity contribution is -0.127. The van der Waals surface area contributed by atoms with E-state index in [1.165, 1.54) is 6.42 Å². The van der Waals surface area contributed by atoms with Crippen LogP contribution < -0.4 is 15.4 Å². The van der Waals surface area contributed by atoms with Gasteiger partial charge < -0.3 is 25.3 Å². The molecule has 0 bridgehead atoms. The molecule has 3 aliphatic rings. The number of nitrogens with zero attached hydrogens (tertiary/aromatic N) is 2. The predicted octanol–water partition coefficient (Wildman–Crippen LogP) is 3.83. The second kappa shape index (κ2) is 10.7. The molecule has 3 atom stereocenters. The summed E-state index contributed by atoms with van der Waals surface area (Å²) in [5, 5.41) is 7.03. The van der Waals surface area contributed by atoms with Gasteiger partial charge in [-0.25, -0.2) is 0 Å². The fraction of sp³-hybridized carbons (Fsp3) is 0.600. The van der Waals surface area contributed by atoms with E-state index in [-0.39, 0.29) is 40.6 Å². The SMILES string of the molecule is C=NCC(CC1CC(C)(C)NC1=O)NC(=O)C1CC2(CCCCC2)CN1C(=O)c1cc2c(OC)cccc2[nH]1. The molecular formula is C30H41N5O4. The molecule has 5 rings (SSSR count). The number of carbonyl (C=O) groups excluding carboxylic acids is 3. The summed E-state index contributed by atoms with van der Waals surface area (Å²) in [5.74, 6) is 0.161. The summed E-state index contributed by atoms with van der Waals surface area (Å²) < 4.78 is 5.49. The fourth-order valence-corrected chi connectivity index (χ4v) is 7.10. The van der Waals surface area contributed by atoms with E-state index in [0.717, 1.165) is 36.6 Å². The van der Waals surface area contributed by atoms with Crippen molar-refractivity contribution in [2.45, 2.75) is 82.8 Å². The first-order valence-corrected chi connectivity index (χ1v) is 14.2. The Morgan fingerprint density at radius 1 is 1.23 bits per heavy atom. The van der Waals surface area contributed by atoms with Crippen molar-refractivity contribution in [1.29, 1.82) is 0 Å². The number of fused-ring (bicyclic) bond motifs is 1. The highest BCUT2D eigenvalue weighted by molar-refractivity contribution is 6.02. The number of methoxy groups -OCH3 is 1. The number of aromatic nitrogens is 1. The van der Waals surface area contributed by atoms with Crippen LogP contribution >= 0.6 is 0 Å². The molecule has 1 spiro atoms. The van der Waals surface area contributed by atoms with Crippen LogP contribution in [0.15, 0.2) is 29.3 Å². The van der Waals surface area contributed by atoms with Crippen LogP contribution in [-0.4, -0.2) is 72.1 Å². The third-order valence-electron chi connectivity index (χ3n) is 8.91. The number of hydrogen-bond acceptors (Lipinski definition) is 5. The zero-order chi connectivity index (χ0) is 27.8. The number of H-pyrrole nitrogens is 1. The van der Waals surface area contributed by atoms with Gasteiger partial charge in [0.2, 0.25) is 11.8 Å². The van der Waals surface area contributed by atoms with E-state index < -0.39 is 6.04 Å². The summed E-state index contributed by atoms with van der Waals surface area (Å²) in [6.45, 7) is 8.54. The zero-order valence-electron chi connectivity index (χ0n) is 23.3. The van der Waals surface area contributed by atoms with Gasteiger partial charge in [0.05, 0.1) is 13.7 Å². The number of nitrogens with one attached hydrogen (secondary N) is 3. The molecule has 3 unspecified atom stereocenters. The van der Waals surface area contributed by atoms with Crippen LogP contribution in [0.5, 0.6) is 5.75 Å². The van der Waals surface area contributed by atoms with Crippen molar-refractivity contribution in [2.24, 2.45) is 16.3 Å². The van der Waals surface area contributed by atoms with Crippen LogP contribution in [-0.2, 0) is 9.59 Å². The van der Waals surface area contributed by atoms with E-state index in [0.29, 0.717) is 43.8 Å². The van der Waals surface area contributed by atoms with Gasteiger partial charge in [-0.3, -0.25) is 19.4 Å². The highest BCUT2D eigenvalue weighted by atomic mass is 16.5. The van der Waals surface area contributed by atoms with Gasteiger partial charge in [0.1, 0.15) is 17.5 Å². The lowest BCUT2D eigenvalue weighted by Gasteiger charge is -2.32. The molecule has 39 heavy (non-hydrogen) atoms. The maximum absolute atomic E-state index is 14.0. The second-order valence-corrected chi connectivity index (χ2v) is 12.4. The molecule has 1 aromatic carbocycles. The normalized spacial score (nSPS) is 24.5. The van der Waals surface area contributed by atoms with Gasteiger partial charge >= 0.3 is 0 Å². The number of carbonyl (C=O) groups is 3. The topological polar surface area (TPSA) is 116 Å². The molecule has 9 heteroatoms. The Balaban J connectivity index is 1.38. The van der Waals surface area contributed by atoms with Crippen LogP contribution in [0.2, 0.25) is 0 Å². The van der Waals surface area contributed by atoms with Crippen LogP contribution in [0.3, 0.4) is 0 Å². The molecule has 2 aliphatic heterocycles. The Bertz CT molecular complexity index is 1260. The number of likely N-dealkylation sites (tertiary alicyclic amines) is 1. The molecule has 2 saturated heterocycles. The number of ether oxygens (including phenoxy) is 1. The lowest BCUT2D eigenvalue weighted by atomic mass is 9.72. The van der Waals surface area contributed by atoms with Crippen molar-refractivity contribution < 1.29 is 19.1 Å². The Morgan fingerprint density at radius 3 is 2.67 bits per heavy atom. The first-order chi connectivity index (χ1) is 18.6. The Kier molecular flexibility index (Phi) is 7.44. The predicted molar refractivity (Wildman–Crippen MR) is 151 cm³/mol. The minimum Gasteiger partial charge on any atom is -0.496 e. The van der Waals surface area contributed by atoms with E-state index in [4.69, 9.17) is 4.74 Å². The molecule has 3 amide bonds. The summed E-state index contributed by atoms with van der Waals surface area (Å²) in [6, 6.07) is 6.59. The molecule has 1 saturated carbocycles. The summed E-state index contributed by atoms with van der Waals surface area (Å²) in [4.78, 5) is 49.4. The van der Waals surface area contributed by atoms with E-state index in [1.807, 2.05) is 38.1 Å². The molecule has 1 aliphatic carbocycles. The number of amides is 3. The van der Waals surface area contributed by atoms with Crippen molar-refractivity contribution in [3.63, 3.8) is 0 Å². The summed E-state index contributed by atoms with van der Waals surface area (Å²) >= 11 is 0. The summed E-state index contributed by atoms with van der Waals surface area (Å²) in [6.07, 6.45) is 7.34. The van der Waals surface area contributed by atoms with Crippen LogP contribution in [0.4, 0.5) is 0 Å². The van der Waals surface area contributed by atoms with Crippen LogP contribution in [0, 0.1) is 11.3 Å². The molecule has 9 nitrogen and oxygen atoms in total.